The van der Waals surface area contributed by atoms with E-state index in [4.69, 9.17) is 0 Å². The molecular weight excluding hydrogens is 194 g/mol. The van der Waals surface area contributed by atoms with Crippen LogP contribution in [0, 0.1) is 0 Å². The molecular formula is C11H13NOS. The standard InChI is InChI=1S/C11H13NOS/c1-12(2)7-10-6-8-5-9(13)3-4-11(8)14-10/h3-6,13H,7H2,1-2H3. The van der Waals surface area contributed by atoms with Crippen LogP contribution in [0.25, 0.3) is 10.1 Å². The fraction of sp³-hybridized carbons (Fsp3) is 0.273. The molecule has 0 fully saturated rings. The second-order valence-corrected chi connectivity index (χ2v) is 4.84. The van der Waals surface area contributed by atoms with Gasteiger partial charge in [-0.15, -0.1) is 11.3 Å². The van der Waals surface area contributed by atoms with Gasteiger partial charge in [-0.3, -0.25) is 0 Å². The molecule has 0 unspecified atom stereocenters. The van der Waals surface area contributed by atoms with E-state index < -0.39 is 0 Å². The maximum absolute atomic E-state index is 9.32. The number of hydrogen-bond acceptors (Lipinski definition) is 3. The van der Waals surface area contributed by atoms with E-state index in [0.717, 1.165) is 11.9 Å². The van der Waals surface area contributed by atoms with Gasteiger partial charge >= 0.3 is 0 Å². The van der Waals surface area contributed by atoms with Crippen LogP contribution >= 0.6 is 11.3 Å². The summed E-state index contributed by atoms with van der Waals surface area (Å²) in [6.45, 7) is 0.958. The molecule has 0 saturated heterocycles. The van der Waals surface area contributed by atoms with Crippen molar-refractivity contribution in [2.45, 2.75) is 6.54 Å². The highest BCUT2D eigenvalue weighted by atomic mass is 32.1. The van der Waals surface area contributed by atoms with E-state index in [1.165, 1.54) is 9.58 Å². The lowest BCUT2D eigenvalue weighted by atomic mass is 10.2. The summed E-state index contributed by atoms with van der Waals surface area (Å²) < 4.78 is 1.24. The van der Waals surface area contributed by atoms with Crippen LogP contribution in [0.3, 0.4) is 0 Å². The molecule has 1 heterocycles. The topological polar surface area (TPSA) is 23.5 Å². The first-order valence-corrected chi connectivity index (χ1v) is 5.33. The average Bonchev–Trinajstić information content (AvgIpc) is 2.44. The highest BCUT2D eigenvalue weighted by molar-refractivity contribution is 7.19. The van der Waals surface area contributed by atoms with E-state index in [1.807, 2.05) is 12.1 Å². The third-order valence-electron chi connectivity index (χ3n) is 2.02. The van der Waals surface area contributed by atoms with Crippen LogP contribution in [-0.2, 0) is 6.54 Å². The van der Waals surface area contributed by atoms with E-state index >= 15 is 0 Å². The van der Waals surface area contributed by atoms with Crippen LogP contribution in [0.5, 0.6) is 5.75 Å². The predicted octanol–water partition coefficient (Wildman–Crippen LogP) is 2.67. The van der Waals surface area contributed by atoms with Gasteiger partial charge in [-0.2, -0.15) is 0 Å². The summed E-state index contributed by atoms with van der Waals surface area (Å²) >= 11 is 1.78. The summed E-state index contributed by atoms with van der Waals surface area (Å²) in [5.41, 5.74) is 0. The van der Waals surface area contributed by atoms with E-state index in [2.05, 4.69) is 25.1 Å². The Balaban J connectivity index is 2.41. The maximum Gasteiger partial charge on any atom is 0.116 e. The summed E-state index contributed by atoms with van der Waals surface area (Å²) in [7, 11) is 4.11. The van der Waals surface area contributed by atoms with E-state index in [1.54, 1.807) is 17.4 Å². The van der Waals surface area contributed by atoms with Gasteiger partial charge < -0.3 is 10.0 Å². The average molecular weight is 207 g/mol. The number of aromatic hydroxyl groups is 1. The zero-order valence-corrected chi connectivity index (χ0v) is 9.14. The van der Waals surface area contributed by atoms with Crippen LogP contribution in [0.1, 0.15) is 4.88 Å². The number of nitrogens with zero attached hydrogens (tertiary/aromatic N) is 1. The van der Waals surface area contributed by atoms with Crippen molar-refractivity contribution in [3.8, 4) is 5.75 Å². The fourth-order valence-electron chi connectivity index (χ4n) is 1.48. The van der Waals surface area contributed by atoms with Crippen LogP contribution in [0.15, 0.2) is 24.3 Å². The van der Waals surface area contributed by atoms with Crippen molar-refractivity contribution in [2.75, 3.05) is 14.1 Å². The first kappa shape index (κ1) is 9.49. The van der Waals surface area contributed by atoms with Crippen LogP contribution in [0.2, 0.25) is 0 Å². The summed E-state index contributed by atoms with van der Waals surface area (Å²) in [4.78, 5) is 3.47. The van der Waals surface area contributed by atoms with Crippen LogP contribution in [0.4, 0.5) is 0 Å². The molecule has 2 aromatic rings. The molecule has 14 heavy (non-hydrogen) atoms. The lowest BCUT2D eigenvalue weighted by Crippen LogP contribution is -2.09. The Bertz CT molecular complexity index is 447. The van der Waals surface area contributed by atoms with Crippen molar-refractivity contribution in [2.24, 2.45) is 0 Å². The summed E-state index contributed by atoms with van der Waals surface area (Å²) in [6.07, 6.45) is 0. The number of hydrogen-bond donors (Lipinski definition) is 1. The van der Waals surface area contributed by atoms with E-state index in [9.17, 15) is 5.11 Å². The zero-order valence-electron chi connectivity index (χ0n) is 8.32. The smallest absolute Gasteiger partial charge is 0.116 e. The van der Waals surface area contributed by atoms with Gasteiger partial charge in [-0.1, -0.05) is 0 Å². The van der Waals surface area contributed by atoms with E-state index in [0.29, 0.717) is 5.75 Å². The first-order valence-electron chi connectivity index (χ1n) is 4.51. The Morgan fingerprint density at radius 3 is 2.79 bits per heavy atom. The Kier molecular flexibility index (Phi) is 2.44. The minimum Gasteiger partial charge on any atom is -0.508 e. The number of benzene rings is 1. The molecule has 2 rings (SSSR count). The predicted molar refractivity (Wildman–Crippen MR) is 60.9 cm³/mol. The lowest BCUT2D eigenvalue weighted by molar-refractivity contribution is 0.406. The molecule has 0 bridgehead atoms. The van der Waals surface area contributed by atoms with Crippen molar-refractivity contribution >= 4 is 21.4 Å². The third-order valence-corrected chi connectivity index (χ3v) is 3.12. The van der Waals surface area contributed by atoms with Crippen molar-refractivity contribution in [1.29, 1.82) is 0 Å². The van der Waals surface area contributed by atoms with Crippen molar-refractivity contribution in [3.63, 3.8) is 0 Å². The fourth-order valence-corrected chi connectivity index (χ4v) is 2.64. The minimum absolute atomic E-state index is 0.340. The summed E-state index contributed by atoms with van der Waals surface area (Å²) in [5, 5.41) is 10.4. The molecule has 2 nitrogen and oxygen atoms in total. The SMILES string of the molecule is CN(C)Cc1cc2cc(O)ccc2s1. The first-order chi connectivity index (χ1) is 6.65. The molecule has 0 aliphatic heterocycles. The molecule has 0 aliphatic rings. The van der Waals surface area contributed by atoms with Crippen molar-refractivity contribution in [3.05, 3.63) is 29.1 Å². The van der Waals surface area contributed by atoms with Gasteiger partial charge in [-0.25, -0.2) is 0 Å². The number of phenols is 1. The summed E-state index contributed by atoms with van der Waals surface area (Å²) in [5.74, 6) is 0.340. The van der Waals surface area contributed by atoms with Gasteiger partial charge in [0.1, 0.15) is 5.75 Å². The van der Waals surface area contributed by atoms with Crippen LogP contribution in [-0.4, -0.2) is 24.1 Å². The van der Waals surface area contributed by atoms with Gasteiger partial charge in [0.25, 0.3) is 0 Å². The number of phenolic OH excluding ortho intramolecular Hbond substituents is 1. The van der Waals surface area contributed by atoms with Gasteiger partial charge in [0, 0.05) is 16.1 Å². The quantitative estimate of drug-likeness (QED) is 0.818. The van der Waals surface area contributed by atoms with Gasteiger partial charge in [0.05, 0.1) is 0 Å². The lowest BCUT2D eigenvalue weighted by Gasteiger charge is -2.05. The highest BCUT2D eigenvalue weighted by Gasteiger charge is 2.03. The largest absolute Gasteiger partial charge is 0.508 e. The minimum atomic E-state index is 0.340. The Morgan fingerprint density at radius 2 is 2.07 bits per heavy atom. The molecule has 0 saturated carbocycles. The van der Waals surface area contributed by atoms with Crippen molar-refractivity contribution in [1.82, 2.24) is 4.90 Å². The Labute approximate surface area is 87.4 Å². The van der Waals surface area contributed by atoms with Crippen molar-refractivity contribution < 1.29 is 5.11 Å². The molecule has 0 spiro atoms. The Morgan fingerprint density at radius 1 is 1.29 bits per heavy atom. The molecule has 3 heteroatoms. The second-order valence-electron chi connectivity index (χ2n) is 3.67. The normalized spacial score (nSPS) is 11.4. The van der Waals surface area contributed by atoms with Gasteiger partial charge in [0.2, 0.25) is 0 Å². The third kappa shape index (κ3) is 1.89. The monoisotopic (exact) mass is 207 g/mol. The molecule has 0 amide bonds. The second kappa shape index (κ2) is 3.59. The Hall–Kier alpha value is -1.06. The number of rotatable bonds is 2. The molecule has 74 valence electrons. The number of fused-ring (bicyclic) bond motifs is 1. The molecule has 0 radical (unpaired) electrons. The molecule has 1 N–H and O–H groups in total. The zero-order chi connectivity index (χ0) is 10.1. The van der Waals surface area contributed by atoms with Gasteiger partial charge in [-0.05, 0) is 43.7 Å². The molecule has 1 aromatic carbocycles. The molecule has 0 aliphatic carbocycles. The van der Waals surface area contributed by atoms with E-state index in [-0.39, 0.29) is 0 Å². The molecule has 0 atom stereocenters. The van der Waals surface area contributed by atoms with Gasteiger partial charge in [0.15, 0.2) is 0 Å². The van der Waals surface area contributed by atoms with Crippen LogP contribution < -0.4 is 0 Å². The summed E-state index contributed by atoms with van der Waals surface area (Å²) in [6, 6.07) is 7.65. The highest BCUT2D eigenvalue weighted by Crippen LogP contribution is 2.28. The number of thiophene rings is 1. The molecule has 1 aromatic heterocycles. The maximum atomic E-state index is 9.32.